The Balaban J connectivity index is 1.62. The maximum absolute atomic E-state index is 5.68. The highest BCUT2D eigenvalue weighted by atomic mass is 32.2. The average molecular weight is 331 g/mol. The van der Waals surface area contributed by atoms with Crippen molar-refractivity contribution in [2.45, 2.75) is 44.1 Å². The predicted octanol–water partition coefficient (Wildman–Crippen LogP) is 3.15. The number of aryl methyl sites for hydroxylation is 1. The zero-order valence-corrected chi connectivity index (χ0v) is 14.6. The molecule has 23 heavy (non-hydrogen) atoms. The molecule has 2 aliphatic heterocycles. The van der Waals surface area contributed by atoms with Gasteiger partial charge in [0.2, 0.25) is 0 Å². The van der Waals surface area contributed by atoms with Crippen LogP contribution in [0.15, 0.2) is 24.3 Å². The van der Waals surface area contributed by atoms with Crippen LogP contribution in [-0.2, 0) is 17.8 Å². The van der Waals surface area contributed by atoms with Gasteiger partial charge in [0.25, 0.3) is 0 Å². The Bertz CT molecular complexity index is 669. The van der Waals surface area contributed by atoms with Gasteiger partial charge in [0.05, 0.1) is 24.2 Å². The maximum Gasteiger partial charge on any atom is 0.124 e. The predicted molar refractivity (Wildman–Crippen MR) is 95.9 cm³/mol. The number of ether oxygens (including phenoxy) is 1. The van der Waals surface area contributed by atoms with Gasteiger partial charge in [0, 0.05) is 36.7 Å². The number of hydrogen-bond acceptors (Lipinski definition) is 4. The molecule has 4 nitrogen and oxygen atoms in total. The van der Waals surface area contributed by atoms with E-state index in [0.29, 0.717) is 11.3 Å². The van der Waals surface area contributed by atoms with Crippen molar-refractivity contribution >= 4 is 22.8 Å². The third-order valence-electron chi connectivity index (χ3n) is 4.97. The lowest BCUT2D eigenvalue weighted by Gasteiger charge is -2.43. The number of aromatic nitrogens is 2. The molecule has 124 valence electrons. The first kappa shape index (κ1) is 15.5. The van der Waals surface area contributed by atoms with E-state index >= 15 is 0 Å². The molecule has 4 rings (SSSR count). The van der Waals surface area contributed by atoms with Gasteiger partial charge < -0.3 is 9.30 Å². The van der Waals surface area contributed by atoms with Gasteiger partial charge >= 0.3 is 0 Å². The number of hydrogen-bond donors (Lipinski definition) is 0. The molecule has 0 N–H and O–H groups in total. The van der Waals surface area contributed by atoms with Crippen LogP contribution in [0.1, 0.15) is 25.6 Å². The van der Waals surface area contributed by atoms with Crippen LogP contribution >= 0.6 is 11.8 Å². The van der Waals surface area contributed by atoms with Crippen LogP contribution < -0.4 is 0 Å². The van der Waals surface area contributed by atoms with E-state index in [1.807, 2.05) is 0 Å². The lowest BCUT2D eigenvalue weighted by Crippen LogP contribution is -2.51. The highest BCUT2D eigenvalue weighted by molar-refractivity contribution is 8.00. The van der Waals surface area contributed by atoms with E-state index in [4.69, 9.17) is 9.72 Å². The lowest BCUT2D eigenvalue weighted by atomic mass is 10.1. The molecule has 0 spiro atoms. The summed E-state index contributed by atoms with van der Waals surface area (Å²) in [4.78, 5) is 7.60. The molecule has 1 aromatic carbocycles. The number of imidazole rings is 1. The molecule has 0 unspecified atom stereocenters. The van der Waals surface area contributed by atoms with Crippen molar-refractivity contribution in [2.75, 3.05) is 25.5 Å². The maximum atomic E-state index is 5.68. The largest absolute Gasteiger partial charge is 0.380 e. The van der Waals surface area contributed by atoms with Crippen molar-refractivity contribution in [3.05, 3.63) is 30.1 Å². The number of para-hydroxylation sites is 2. The van der Waals surface area contributed by atoms with Gasteiger partial charge in [-0.3, -0.25) is 4.90 Å². The van der Waals surface area contributed by atoms with Gasteiger partial charge in [-0.1, -0.05) is 19.1 Å². The zero-order chi connectivity index (χ0) is 15.6. The van der Waals surface area contributed by atoms with Crippen molar-refractivity contribution in [1.29, 1.82) is 0 Å². The molecule has 3 heterocycles. The zero-order valence-electron chi connectivity index (χ0n) is 13.8. The van der Waals surface area contributed by atoms with Gasteiger partial charge in [0.1, 0.15) is 5.82 Å². The van der Waals surface area contributed by atoms with Crippen molar-refractivity contribution in [3.8, 4) is 0 Å². The third kappa shape index (κ3) is 3.02. The van der Waals surface area contributed by atoms with Crippen LogP contribution in [0.3, 0.4) is 0 Å². The molecule has 0 aliphatic carbocycles. The lowest BCUT2D eigenvalue weighted by molar-refractivity contribution is 0.0339. The molecule has 2 aromatic rings. The molecule has 2 aliphatic rings. The van der Waals surface area contributed by atoms with Gasteiger partial charge in [-0.25, -0.2) is 4.98 Å². The minimum Gasteiger partial charge on any atom is -0.380 e. The number of fused-ring (bicyclic) bond motifs is 2. The monoisotopic (exact) mass is 331 g/mol. The molecule has 2 fully saturated rings. The van der Waals surface area contributed by atoms with E-state index in [0.717, 1.165) is 44.7 Å². The standard InChI is InChI=1S/C18H25N3OS/c1-2-8-21-15-6-4-3-5-14(15)19-18(21)12-20-9-11-23-17-13-22-10-7-16(17)20/h3-6,16-17H,2,7-13H2,1H3/t16-,17-/m0/s1. The summed E-state index contributed by atoms with van der Waals surface area (Å²) in [7, 11) is 0. The van der Waals surface area contributed by atoms with E-state index in [9.17, 15) is 0 Å². The molecule has 2 saturated heterocycles. The van der Waals surface area contributed by atoms with Gasteiger partial charge in [-0.2, -0.15) is 11.8 Å². The van der Waals surface area contributed by atoms with E-state index in [1.54, 1.807) is 0 Å². The van der Waals surface area contributed by atoms with Crippen LogP contribution in [0.5, 0.6) is 0 Å². The summed E-state index contributed by atoms with van der Waals surface area (Å²) in [5.41, 5.74) is 2.41. The fourth-order valence-electron chi connectivity index (χ4n) is 3.86. The first-order valence-corrected chi connectivity index (χ1v) is 9.79. The molecule has 0 bridgehead atoms. The van der Waals surface area contributed by atoms with Gasteiger partial charge in [-0.05, 0) is 25.0 Å². The summed E-state index contributed by atoms with van der Waals surface area (Å²) < 4.78 is 8.10. The highest BCUT2D eigenvalue weighted by Gasteiger charge is 2.35. The van der Waals surface area contributed by atoms with Crippen molar-refractivity contribution < 1.29 is 4.74 Å². The van der Waals surface area contributed by atoms with Crippen molar-refractivity contribution in [3.63, 3.8) is 0 Å². The van der Waals surface area contributed by atoms with Crippen LogP contribution in [0.25, 0.3) is 11.0 Å². The highest BCUT2D eigenvalue weighted by Crippen LogP contribution is 2.31. The first-order chi connectivity index (χ1) is 11.4. The third-order valence-corrected chi connectivity index (χ3v) is 6.27. The SMILES string of the molecule is CCCn1c(CN2CCS[C@H]3COCC[C@@H]32)nc2ccccc21. The Hall–Kier alpha value is -1.04. The molecule has 2 atom stereocenters. The van der Waals surface area contributed by atoms with Crippen LogP contribution in [-0.4, -0.2) is 51.3 Å². The normalized spacial score (nSPS) is 25.6. The van der Waals surface area contributed by atoms with Gasteiger partial charge in [0.15, 0.2) is 0 Å². The van der Waals surface area contributed by atoms with E-state index in [-0.39, 0.29) is 0 Å². The number of nitrogens with zero attached hydrogens (tertiary/aromatic N) is 3. The number of rotatable bonds is 4. The van der Waals surface area contributed by atoms with Crippen LogP contribution in [0, 0.1) is 0 Å². The van der Waals surface area contributed by atoms with E-state index < -0.39 is 0 Å². The van der Waals surface area contributed by atoms with Crippen molar-refractivity contribution in [1.82, 2.24) is 14.5 Å². The second-order valence-electron chi connectivity index (χ2n) is 6.48. The fourth-order valence-corrected chi connectivity index (χ4v) is 5.23. The molecule has 5 heteroatoms. The summed E-state index contributed by atoms with van der Waals surface area (Å²) in [5.74, 6) is 2.43. The van der Waals surface area contributed by atoms with E-state index in [2.05, 4.69) is 52.4 Å². The Labute approximate surface area is 142 Å². The van der Waals surface area contributed by atoms with Crippen LogP contribution in [0.4, 0.5) is 0 Å². The Morgan fingerprint density at radius 3 is 3.17 bits per heavy atom. The summed E-state index contributed by atoms with van der Waals surface area (Å²) in [6.45, 7) is 7.25. The Morgan fingerprint density at radius 2 is 2.26 bits per heavy atom. The van der Waals surface area contributed by atoms with Gasteiger partial charge in [-0.15, -0.1) is 0 Å². The minimum atomic E-state index is 0.640. The molecular weight excluding hydrogens is 306 g/mol. The topological polar surface area (TPSA) is 30.3 Å². The second kappa shape index (κ2) is 6.83. The quantitative estimate of drug-likeness (QED) is 0.861. The minimum absolute atomic E-state index is 0.640. The summed E-state index contributed by atoms with van der Waals surface area (Å²) in [6.07, 6.45) is 2.30. The van der Waals surface area contributed by atoms with E-state index in [1.165, 1.54) is 23.6 Å². The molecule has 0 saturated carbocycles. The average Bonchev–Trinajstić information content (AvgIpc) is 2.93. The molecule has 0 amide bonds. The first-order valence-electron chi connectivity index (χ1n) is 8.74. The fraction of sp³-hybridized carbons (Fsp3) is 0.611. The Kier molecular flexibility index (Phi) is 4.60. The van der Waals surface area contributed by atoms with Crippen molar-refractivity contribution in [2.24, 2.45) is 0 Å². The number of thioether (sulfide) groups is 1. The summed E-state index contributed by atoms with van der Waals surface area (Å²) >= 11 is 2.09. The second-order valence-corrected chi connectivity index (χ2v) is 7.83. The summed E-state index contributed by atoms with van der Waals surface area (Å²) in [5, 5.41) is 0.640. The number of benzene rings is 1. The summed E-state index contributed by atoms with van der Waals surface area (Å²) in [6, 6.07) is 9.18. The molecule has 1 aromatic heterocycles. The molecular formula is C18H25N3OS. The van der Waals surface area contributed by atoms with Crippen LogP contribution in [0.2, 0.25) is 0 Å². The smallest absolute Gasteiger partial charge is 0.124 e. The Morgan fingerprint density at radius 1 is 1.35 bits per heavy atom. The molecule has 0 radical (unpaired) electrons.